The van der Waals surface area contributed by atoms with Crippen molar-refractivity contribution >= 4 is 11.0 Å². The smallest absolute Gasteiger partial charge is 0.239 e. The van der Waals surface area contributed by atoms with Crippen LogP contribution in [0, 0.1) is 0 Å². The first-order chi connectivity index (χ1) is 17.9. The molecule has 0 amide bonds. The number of rotatable bonds is 6. The molecule has 11 nitrogen and oxygen atoms in total. The van der Waals surface area contributed by atoms with Crippen LogP contribution in [0.1, 0.15) is 26.3 Å². The van der Waals surface area contributed by atoms with Gasteiger partial charge in [0.25, 0.3) is 0 Å². The van der Waals surface area contributed by atoms with Crippen LogP contribution in [0.3, 0.4) is 0 Å². The largest absolute Gasteiger partial charge is 0.507 e. The van der Waals surface area contributed by atoms with E-state index in [9.17, 15) is 35.4 Å². The molecule has 0 aliphatic carbocycles. The number of aromatic hydroxyl groups is 3. The minimum atomic E-state index is -1.74. The van der Waals surface area contributed by atoms with E-state index in [1.807, 2.05) is 13.8 Å². The summed E-state index contributed by atoms with van der Waals surface area (Å²) in [4.78, 5) is 13.8. The normalized spacial score (nSPS) is 23.3. The highest BCUT2D eigenvalue weighted by atomic mass is 16.7. The monoisotopic (exact) mass is 530 g/mol. The first kappa shape index (κ1) is 27.3. The number of aliphatic hydroxyl groups excluding tert-OH is 3. The van der Waals surface area contributed by atoms with Crippen LogP contribution < -0.4 is 14.9 Å². The quantitative estimate of drug-likeness (QED) is 0.258. The Kier molecular flexibility index (Phi) is 7.56. The van der Waals surface area contributed by atoms with Crippen molar-refractivity contribution in [2.75, 3.05) is 7.11 Å². The maximum Gasteiger partial charge on any atom is 0.239 e. The molecule has 0 unspecified atom stereocenters. The van der Waals surface area contributed by atoms with Crippen molar-refractivity contribution in [3.05, 3.63) is 51.7 Å². The highest BCUT2D eigenvalue weighted by Crippen LogP contribution is 2.41. The van der Waals surface area contributed by atoms with E-state index < -0.39 is 47.6 Å². The molecule has 1 fully saturated rings. The number of hydrogen-bond acceptors (Lipinski definition) is 11. The van der Waals surface area contributed by atoms with E-state index in [0.717, 1.165) is 11.6 Å². The summed E-state index contributed by atoms with van der Waals surface area (Å²) in [6.45, 7) is 5.16. The summed E-state index contributed by atoms with van der Waals surface area (Å²) in [6.07, 6.45) is -5.36. The van der Waals surface area contributed by atoms with Gasteiger partial charge in [0.1, 0.15) is 40.8 Å². The molecule has 5 atom stereocenters. The van der Waals surface area contributed by atoms with Gasteiger partial charge in [-0.3, -0.25) is 4.79 Å². The topological polar surface area (TPSA) is 179 Å². The molecule has 1 aliphatic rings. The number of ether oxygens (including phenoxy) is 3. The molecule has 38 heavy (non-hydrogen) atoms. The van der Waals surface area contributed by atoms with Crippen LogP contribution in [-0.2, 0) is 11.2 Å². The fourth-order valence-corrected chi connectivity index (χ4v) is 4.23. The lowest BCUT2D eigenvalue weighted by molar-refractivity contribution is -0.268. The van der Waals surface area contributed by atoms with E-state index in [4.69, 9.17) is 18.6 Å². The van der Waals surface area contributed by atoms with Crippen molar-refractivity contribution < 1.29 is 49.3 Å². The van der Waals surface area contributed by atoms with E-state index in [0.29, 0.717) is 0 Å². The minimum Gasteiger partial charge on any atom is -0.507 e. The van der Waals surface area contributed by atoms with Gasteiger partial charge in [-0.25, -0.2) is 0 Å². The highest BCUT2D eigenvalue weighted by Gasteiger charge is 2.44. The Bertz CT molecular complexity index is 1440. The van der Waals surface area contributed by atoms with Crippen LogP contribution in [0.2, 0.25) is 0 Å². The van der Waals surface area contributed by atoms with Crippen LogP contribution in [0.25, 0.3) is 22.3 Å². The molecule has 1 saturated heterocycles. The number of phenolic OH excluding ortho intramolecular Hbond substituents is 3. The molecular weight excluding hydrogens is 500 g/mol. The fraction of sp³-hybridized carbons (Fsp3) is 0.370. The second-order valence-electron chi connectivity index (χ2n) is 9.36. The van der Waals surface area contributed by atoms with Crippen molar-refractivity contribution in [3.8, 4) is 40.1 Å². The molecule has 2 aromatic carbocycles. The van der Waals surface area contributed by atoms with Gasteiger partial charge in [0.15, 0.2) is 17.3 Å². The maximum absolute atomic E-state index is 13.8. The third kappa shape index (κ3) is 4.88. The summed E-state index contributed by atoms with van der Waals surface area (Å²) in [6, 6.07) is 5.18. The Morgan fingerprint density at radius 2 is 1.71 bits per heavy atom. The van der Waals surface area contributed by atoms with Crippen LogP contribution in [0.4, 0.5) is 0 Å². The van der Waals surface area contributed by atoms with Crippen molar-refractivity contribution in [2.45, 2.75) is 57.9 Å². The molecule has 0 saturated carbocycles. The molecule has 0 bridgehead atoms. The third-order valence-electron chi connectivity index (χ3n) is 6.38. The number of hydrogen-bond donors (Lipinski definition) is 6. The van der Waals surface area contributed by atoms with Crippen molar-refractivity contribution in [3.63, 3.8) is 0 Å². The van der Waals surface area contributed by atoms with E-state index in [2.05, 4.69) is 0 Å². The molecule has 3 aromatic rings. The zero-order chi connectivity index (χ0) is 27.9. The zero-order valence-corrected chi connectivity index (χ0v) is 21.2. The first-order valence-electron chi connectivity index (χ1n) is 11.9. The standard InChI is InChI=1S/C27H30O11/c1-11(2)5-7-14-15(28)10-17(30)19-21(32)26(38-27-23(34)22(33)20(31)12(3)36-27)24(37-25(14)19)13-6-8-18(35-4)16(29)9-13/h5-6,8-10,12,20,22-23,27-31,33-34H,7H2,1-4H3/t12-,20-,22+,23-,27-/m0/s1. The number of phenols is 3. The van der Waals surface area contributed by atoms with Gasteiger partial charge in [0.2, 0.25) is 17.5 Å². The van der Waals surface area contributed by atoms with Gasteiger partial charge in [-0.2, -0.15) is 0 Å². The van der Waals surface area contributed by atoms with Crippen LogP contribution in [-0.4, -0.2) is 68.5 Å². The molecule has 1 aromatic heterocycles. The Balaban J connectivity index is 1.99. The lowest BCUT2D eigenvalue weighted by Crippen LogP contribution is -2.58. The lowest BCUT2D eigenvalue weighted by Gasteiger charge is -2.38. The Labute approximate surface area is 217 Å². The number of allylic oxidation sites excluding steroid dienone is 2. The second-order valence-corrected chi connectivity index (χ2v) is 9.36. The van der Waals surface area contributed by atoms with Gasteiger partial charge in [-0.05, 0) is 45.4 Å². The third-order valence-corrected chi connectivity index (χ3v) is 6.38. The fourth-order valence-electron chi connectivity index (χ4n) is 4.23. The number of fused-ring (bicyclic) bond motifs is 1. The van der Waals surface area contributed by atoms with Crippen molar-refractivity contribution in [1.82, 2.24) is 0 Å². The van der Waals surface area contributed by atoms with Crippen molar-refractivity contribution in [2.24, 2.45) is 0 Å². The lowest BCUT2D eigenvalue weighted by atomic mass is 10.00. The molecule has 6 N–H and O–H groups in total. The summed E-state index contributed by atoms with van der Waals surface area (Å²) >= 11 is 0. The molecule has 2 heterocycles. The van der Waals surface area contributed by atoms with Crippen molar-refractivity contribution in [1.29, 1.82) is 0 Å². The van der Waals surface area contributed by atoms with Crippen LogP contribution in [0.5, 0.6) is 28.7 Å². The van der Waals surface area contributed by atoms with E-state index >= 15 is 0 Å². The predicted octanol–water partition coefficient (Wildman–Crippen LogP) is 2.30. The van der Waals surface area contributed by atoms with E-state index in [1.165, 1.54) is 32.2 Å². The summed E-state index contributed by atoms with van der Waals surface area (Å²) < 4.78 is 22.4. The molecule has 1 aliphatic heterocycles. The van der Waals surface area contributed by atoms with Gasteiger partial charge in [-0.1, -0.05) is 11.6 Å². The van der Waals surface area contributed by atoms with E-state index in [1.54, 1.807) is 6.08 Å². The highest BCUT2D eigenvalue weighted by molar-refractivity contribution is 5.91. The molecular formula is C27H30O11. The molecule has 0 radical (unpaired) electrons. The zero-order valence-electron chi connectivity index (χ0n) is 21.2. The average Bonchev–Trinajstić information content (AvgIpc) is 2.86. The number of methoxy groups -OCH3 is 1. The molecule has 11 heteroatoms. The Morgan fingerprint density at radius 1 is 1.00 bits per heavy atom. The number of aliphatic hydroxyl groups is 3. The van der Waals surface area contributed by atoms with Gasteiger partial charge in [0.05, 0.1) is 13.2 Å². The first-order valence-corrected chi connectivity index (χ1v) is 11.9. The SMILES string of the molecule is COc1ccc(-c2oc3c(CC=C(C)C)c(O)cc(O)c3c(=O)c2O[C@@H]2O[C@@H](C)[C@H](O)[C@@H](O)[C@@H]2O)cc1O. The summed E-state index contributed by atoms with van der Waals surface area (Å²) in [5.41, 5.74) is 0.342. The molecule has 4 rings (SSSR count). The molecule has 0 spiro atoms. The van der Waals surface area contributed by atoms with Crippen LogP contribution >= 0.6 is 0 Å². The minimum absolute atomic E-state index is 0.114. The van der Waals surface area contributed by atoms with Gasteiger partial charge in [0, 0.05) is 17.2 Å². The average molecular weight is 531 g/mol. The second kappa shape index (κ2) is 10.5. The Hall–Kier alpha value is -3.77. The van der Waals surface area contributed by atoms with Gasteiger partial charge < -0.3 is 49.3 Å². The number of benzene rings is 2. The van der Waals surface area contributed by atoms with Gasteiger partial charge >= 0.3 is 0 Å². The summed E-state index contributed by atoms with van der Waals surface area (Å²) in [5.74, 6) is -1.72. The predicted molar refractivity (Wildman–Crippen MR) is 136 cm³/mol. The van der Waals surface area contributed by atoms with Gasteiger partial charge in [-0.15, -0.1) is 0 Å². The summed E-state index contributed by atoms with van der Waals surface area (Å²) in [5, 5.41) is 62.0. The van der Waals surface area contributed by atoms with Crippen LogP contribution in [0.15, 0.2) is 45.1 Å². The Morgan fingerprint density at radius 3 is 2.34 bits per heavy atom. The maximum atomic E-state index is 13.8. The summed E-state index contributed by atoms with van der Waals surface area (Å²) in [7, 11) is 1.36. The van der Waals surface area contributed by atoms with E-state index in [-0.39, 0.29) is 51.5 Å². The molecule has 204 valence electrons.